The lowest BCUT2D eigenvalue weighted by Crippen LogP contribution is -2.46. The Morgan fingerprint density at radius 2 is 1.23 bits per heavy atom. The molecule has 0 spiro atoms. The number of rotatable bonds is 10. The largest absolute Gasteiger partial charge is 0.368 e. The topological polar surface area (TPSA) is 72.2 Å². The van der Waals surface area contributed by atoms with E-state index in [-0.39, 0.29) is 12.3 Å². The van der Waals surface area contributed by atoms with Crippen molar-refractivity contribution in [2.24, 2.45) is 5.73 Å². The molecule has 0 fully saturated rings. The van der Waals surface area contributed by atoms with E-state index < -0.39 is 17.4 Å². The molecule has 31 heavy (non-hydrogen) atoms. The minimum Gasteiger partial charge on any atom is -0.368 e. The van der Waals surface area contributed by atoms with E-state index >= 15 is 0 Å². The maximum atomic E-state index is 13.3. The van der Waals surface area contributed by atoms with E-state index in [1.165, 1.54) is 0 Å². The molecule has 3 aromatic rings. The Kier molecular flexibility index (Phi) is 7.60. The quantitative estimate of drug-likeness (QED) is 0.477. The van der Waals surface area contributed by atoms with Crippen molar-refractivity contribution in [1.29, 1.82) is 0 Å². The van der Waals surface area contributed by atoms with Crippen LogP contribution in [0.1, 0.15) is 49.3 Å². The third kappa shape index (κ3) is 5.21. The zero-order valence-electron chi connectivity index (χ0n) is 18.0. The summed E-state index contributed by atoms with van der Waals surface area (Å²) in [6.07, 6.45) is 2.48. The van der Waals surface area contributed by atoms with Crippen LogP contribution in [-0.4, -0.2) is 17.9 Å². The summed E-state index contributed by atoms with van der Waals surface area (Å²) in [5.74, 6) is -0.692. The van der Waals surface area contributed by atoms with Crippen molar-refractivity contribution in [3.63, 3.8) is 0 Å². The van der Waals surface area contributed by atoms with Crippen LogP contribution in [0.2, 0.25) is 0 Å². The van der Waals surface area contributed by atoms with Gasteiger partial charge in [-0.05, 0) is 23.1 Å². The van der Waals surface area contributed by atoms with E-state index in [1.54, 1.807) is 0 Å². The number of carbonyl (C=O) groups is 2. The van der Waals surface area contributed by atoms with Gasteiger partial charge in [0.05, 0.1) is 5.41 Å². The molecule has 0 heterocycles. The van der Waals surface area contributed by atoms with Crippen LogP contribution in [0.15, 0.2) is 91.0 Å². The molecule has 0 aliphatic rings. The van der Waals surface area contributed by atoms with Crippen molar-refractivity contribution in [3.05, 3.63) is 108 Å². The van der Waals surface area contributed by atoms with E-state index in [9.17, 15) is 9.59 Å². The molecule has 3 N–H and O–H groups in total. The molecule has 4 nitrogen and oxygen atoms in total. The monoisotopic (exact) mass is 414 g/mol. The SMILES string of the molecule is CCCC[C@H](NC(=O)CC(c1ccccc1)(c1ccccc1)c1ccccc1)C(N)=O. The first-order valence-electron chi connectivity index (χ1n) is 10.8. The molecule has 160 valence electrons. The van der Waals surface area contributed by atoms with Gasteiger partial charge in [0, 0.05) is 6.42 Å². The Balaban J connectivity index is 2.08. The highest BCUT2D eigenvalue weighted by atomic mass is 16.2. The number of amides is 2. The first-order chi connectivity index (χ1) is 15.1. The van der Waals surface area contributed by atoms with Crippen LogP contribution in [0.3, 0.4) is 0 Å². The molecule has 0 unspecified atom stereocenters. The number of primary amides is 1. The lowest BCUT2D eigenvalue weighted by molar-refractivity contribution is -0.128. The van der Waals surface area contributed by atoms with Gasteiger partial charge in [-0.3, -0.25) is 9.59 Å². The van der Waals surface area contributed by atoms with E-state index in [1.807, 2.05) is 61.5 Å². The average molecular weight is 415 g/mol. The molecule has 3 rings (SSSR count). The summed E-state index contributed by atoms with van der Waals surface area (Å²) in [5, 5.41) is 2.90. The lowest BCUT2D eigenvalue weighted by atomic mass is 9.67. The lowest BCUT2D eigenvalue weighted by Gasteiger charge is -2.36. The van der Waals surface area contributed by atoms with Crippen LogP contribution in [0.5, 0.6) is 0 Å². The third-order valence-corrected chi connectivity index (χ3v) is 5.75. The van der Waals surface area contributed by atoms with Crippen LogP contribution < -0.4 is 11.1 Å². The Morgan fingerprint density at radius 1 is 0.806 bits per heavy atom. The number of hydrogen-bond donors (Lipinski definition) is 2. The minimum absolute atomic E-state index is 0.168. The number of nitrogens with one attached hydrogen (secondary N) is 1. The fourth-order valence-corrected chi connectivity index (χ4v) is 4.15. The second-order valence-electron chi connectivity index (χ2n) is 7.84. The maximum absolute atomic E-state index is 13.3. The van der Waals surface area contributed by atoms with Gasteiger partial charge in [-0.2, -0.15) is 0 Å². The third-order valence-electron chi connectivity index (χ3n) is 5.75. The summed E-state index contributed by atoms with van der Waals surface area (Å²) >= 11 is 0. The molecule has 3 aromatic carbocycles. The van der Waals surface area contributed by atoms with Gasteiger partial charge in [-0.25, -0.2) is 0 Å². The molecule has 1 atom stereocenters. The molecule has 0 bridgehead atoms. The standard InChI is InChI=1S/C27H30N2O2/c1-2-3-19-24(26(28)31)29-25(30)20-27(21-13-7-4-8-14-21,22-15-9-5-10-16-22)23-17-11-6-12-18-23/h4-18,24H,2-3,19-20H2,1H3,(H2,28,31)(H,29,30)/t24-/m0/s1. The smallest absolute Gasteiger partial charge is 0.239 e. The van der Waals surface area contributed by atoms with Gasteiger partial charge in [-0.1, -0.05) is 111 Å². The fourth-order valence-electron chi connectivity index (χ4n) is 4.15. The zero-order chi connectivity index (χ0) is 22.1. The maximum Gasteiger partial charge on any atom is 0.239 e. The average Bonchev–Trinajstić information content (AvgIpc) is 2.81. The Bertz CT molecular complexity index is 875. The highest BCUT2D eigenvalue weighted by Crippen LogP contribution is 2.42. The van der Waals surface area contributed by atoms with Crippen LogP contribution in [-0.2, 0) is 15.0 Å². The molecule has 0 saturated carbocycles. The van der Waals surface area contributed by atoms with E-state index in [4.69, 9.17) is 5.73 Å². The number of hydrogen-bond acceptors (Lipinski definition) is 2. The van der Waals surface area contributed by atoms with E-state index in [2.05, 4.69) is 41.7 Å². The molecule has 0 radical (unpaired) electrons. The Hall–Kier alpha value is -3.40. The summed E-state index contributed by atoms with van der Waals surface area (Å²) < 4.78 is 0. The van der Waals surface area contributed by atoms with Gasteiger partial charge in [0.15, 0.2) is 0 Å². The summed E-state index contributed by atoms with van der Waals surface area (Å²) in [4.78, 5) is 25.3. The highest BCUT2D eigenvalue weighted by Gasteiger charge is 2.39. The predicted molar refractivity (Wildman–Crippen MR) is 124 cm³/mol. The van der Waals surface area contributed by atoms with Crippen molar-refractivity contribution >= 4 is 11.8 Å². The summed E-state index contributed by atoms with van der Waals surface area (Å²) in [5.41, 5.74) is 7.94. The summed E-state index contributed by atoms with van der Waals surface area (Å²) in [6.45, 7) is 2.05. The first-order valence-corrected chi connectivity index (χ1v) is 10.8. The van der Waals surface area contributed by atoms with E-state index in [0.717, 1.165) is 29.5 Å². The van der Waals surface area contributed by atoms with Crippen LogP contribution in [0.4, 0.5) is 0 Å². The summed E-state index contributed by atoms with van der Waals surface area (Å²) in [7, 11) is 0. The fraction of sp³-hybridized carbons (Fsp3) is 0.259. The van der Waals surface area contributed by atoms with E-state index in [0.29, 0.717) is 6.42 Å². The second kappa shape index (κ2) is 10.6. The molecule has 0 saturated heterocycles. The highest BCUT2D eigenvalue weighted by molar-refractivity contribution is 5.87. The molecular formula is C27H30N2O2. The van der Waals surface area contributed by atoms with Crippen LogP contribution in [0.25, 0.3) is 0 Å². The predicted octanol–water partition coefficient (Wildman–Crippen LogP) is 4.57. The number of carbonyl (C=O) groups excluding carboxylic acids is 2. The molecule has 2 amide bonds. The van der Waals surface area contributed by atoms with Crippen molar-refractivity contribution < 1.29 is 9.59 Å². The number of benzene rings is 3. The minimum atomic E-state index is -0.694. The van der Waals surface area contributed by atoms with Crippen molar-refractivity contribution in [3.8, 4) is 0 Å². The van der Waals surface area contributed by atoms with Gasteiger partial charge >= 0.3 is 0 Å². The number of unbranched alkanes of at least 4 members (excludes halogenated alkanes) is 1. The number of nitrogens with two attached hydrogens (primary N) is 1. The molecular weight excluding hydrogens is 384 g/mol. The molecule has 4 heteroatoms. The molecule has 0 aromatic heterocycles. The van der Waals surface area contributed by atoms with Gasteiger partial charge in [0.2, 0.25) is 11.8 Å². The second-order valence-corrected chi connectivity index (χ2v) is 7.84. The molecule has 0 aliphatic heterocycles. The van der Waals surface area contributed by atoms with Gasteiger partial charge in [0.1, 0.15) is 6.04 Å². The molecule has 0 aliphatic carbocycles. The zero-order valence-corrected chi connectivity index (χ0v) is 18.0. The Morgan fingerprint density at radius 3 is 1.58 bits per heavy atom. The van der Waals surface area contributed by atoms with Crippen molar-refractivity contribution in [2.75, 3.05) is 0 Å². The first kappa shape index (κ1) is 22.3. The Labute approximate surface area is 184 Å². The normalized spacial score (nSPS) is 12.2. The summed E-state index contributed by atoms with van der Waals surface area (Å²) in [6, 6.07) is 29.5. The van der Waals surface area contributed by atoms with Crippen LogP contribution >= 0.6 is 0 Å². The van der Waals surface area contributed by atoms with Gasteiger partial charge in [-0.15, -0.1) is 0 Å². The van der Waals surface area contributed by atoms with Gasteiger partial charge < -0.3 is 11.1 Å². The van der Waals surface area contributed by atoms with Crippen LogP contribution in [0, 0.1) is 0 Å². The van der Waals surface area contributed by atoms with Crippen molar-refractivity contribution in [1.82, 2.24) is 5.32 Å². The van der Waals surface area contributed by atoms with Crippen molar-refractivity contribution in [2.45, 2.75) is 44.1 Å². The van der Waals surface area contributed by atoms with Gasteiger partial charge in [0.25, 0.3) is 0 Å².